The largest absolute Gasteiger partial charge is 0.320 e. The molecule has 0 aliphatic carbocycles. The Labute approximate surface area is 90.1 Å². The number of nitrogens with one attached hydrogen (secondary N) is 1. The molecule has 1 aromatic rings. The van der Waals surface area contributed by atoms with E-state index in [1.807, 2.05) is 0 Å². The molecule has 0 bridgehead atoms. The van der Waals surface area contributed by atoms with E-state index in [0.29, 0.717) is 18.7 Å². The number of rotatable bonds is 5. The van der Waals surface area contributed by atoms with Crippen LogP contribution in [0.4, 0.5) is 8.78 Å². The molecule has 0 saturated carbocycles. The Morgan fingerprint density at radius 3 is 2.80 bits per heavy atom. The summed E-state index contributed by atoms with van der Waals surface area (Å²) in [6, 6.07) is 3.01. The first kappa shape index (κ1) is 12.3. The van der Waals surface area contributed by atoms with Crippen LogP contribution in [0, 0.1) is 11.6 Å². The minimum Gasteiger partial charge on any atom is -0.320 e. The molecule has 5 heteroatoms. The van der Waals surface area contributed by atoms with Gasteiger partial charge in [0.15, 0.2) is 0 Å². The van der Waals surface area contributed by atoms with Crippen LogP contribution in [0.5, 0.6) is 0 Å². The molecule has 15 heavy (non-hydrogen) atoms. The molecule has 84 valence electrons. The molecule has 1 rings (SSSR count). The van der Waals surface area contributed by atoms with Crippen molar-refractivity contribution in [2.24, 2.45) is 0 Å². The highest BCUT2D eigenvalue weighted by molar-refractivity contribution is 7.85. The monoisotopic (exact) mass is 233 g/mol. The van der Waals surface area contributed by atoms with Crippen LogP contribution in [-0.4, -0.2) is 23.6 Å². The number of halogens is 2. The van der Waals surface area contributed by atoms with Crippen LogP contribution in [0.15, 0.2) is 23.1 Å². The molecular weight excluding hydrogens is 220 g/mol. The molecule has 0 amide bonds. The Morgan fingerprint density at radius 1 is 1.40 bits per heavy atom. The van der Waals surface area contributed by atoms with E-state index in [-0.39, 0.29) is 4.90 Å². The van der Waals surface area contributed by atoms with Gasteiger partial charge in [0.1, 0.15) is 11.6 Å². The molecule has 1 atom stereocenters. The zero-order chi connectivity index (χ0) is 11.3. The predicted molar refractivity (Wildman–Crippen MR) is 56.2 cm³/mol. The van der Waals surface area contributed by atoms with Gasteiger partial charge in [0.05, 0.1) is 15.7 Å². The fourth-order valence-electron chi connectivity index (χ4n) is 1.14. The molecule has 0 fully saturated rings. The van der Waals surface area contributed by atoms with E-state index in [9.17, 15) is 13.0 Å². The molecule has 2 nitrogen and oxygen atoms in total. The third-order valence-electron chi connectivity index (χ3n) is 1.90. The summed E-state index contributed by atoms with van der Waals surface area (Å²) in [4.78, 5) is -0.0499. The Morgan fingerprint density at radius 2 is 2.13 bits per heavy atom. The van der Waals surface area contributed by atoms with Gasteiger partial charge in [0, 0.05) is 5.75 Å². The lowest BCUT2D eigenvalue weighted by Gasteiger charge is -2.03. The van der Waals surface area contributed by atoms with E-state index in [1.54, 1.807) is 7.05 Å². The van der Waals surface area contributed by atoms with Crippen LogP contribution in [0.2, 0.25) is 0 Å². The minimum absolute atomic E-state index is 0.0499. The molecule has 0 aliphatic rings. The molecule has 0 radical (unpaired) electrons. The predicted octanol–water partition coefficient (Wildman–Crippen LogP) is 1.68. The minimum atomic E-state index is -1.46. The Balaban J connectivity index is 2.68. The van der Waals surface area contributed by atoms with Crippen LogP contribution < -0.4 is 5.32 Å². The fraction of sp³-hybridized carbons (Fsp3) is 0.400. The van der Waals surface area contributed by atoms with Gasteiger partial charge in [-0.2, -0.15) is 0 Å². The van der Waals surface area contributed by atoms with Gasteiger partial charge in [-0.1, -0.05) is 0 Å². The maximum Gasteiger partial charge on any atom is 0.139 e. The number of benzene rings is 1. The average Bonchev–Trinajstić information content (AvgIpc) is 2.22. The van der Waals surface area contributed by atoms with Crippen LogP contribution in [0.25, 0.3) is 0 Å². The first-order valence-electron chi connectivity index (χ1n) is 4.63. The zero-order valence-electron chi connectivity index (χ0n) is 8.43. The van der Waals surface area contributed by atoms with Crippen LogP contribution >= 0.6 is 0 Å². The van der Waals surface area contributed by atoms with Gasteiger partial charge in [-0.25, -0.2) is 8.78 Å². The lowest BCUT2D eigenvalue weighted by atomic mass is 10.3. The maximum atomic E-state index is 13.2. The van der Waals surface area contributed by atoms with E-state index in [1.165, 1.54) is 0 Å². The maximum absolute atomic E-state index is 13.2. The molecule has 1 N–H and O–H groups in total. The number of hydrogen-bond donors (Lipinski definition) is 1. The highest BCUT2D eigenvalue weighted by Gasteiger charge is 2.10. The second kappa shape index (κ2) is 5.92. The second-order valence-electron chi connectivity index (χ2n) is 3.08. The Bertz CT molecular complexity index is 357. The van der Waals surface area contributed by atoms with Crippen molar-refractivity contribution in [1.29, 1.82) is 0 Å². The summed E-state index contributed by atoms with van der Waals surface area (Å²) in [6.07, 6.45) is 0.666. The van der Waals surface area contributed by atoms with Crippen molar-refractivity contribution in [3.8, 4) is 0 Å². The SMILES string of the molecule is CNCCCS(=O)c1cc(F)ccc1F. The smallest absolute Gasteiger partial charge is 0.139 e. The molecular formula is C10H13F2NOS. The quantitative estimate of drug-likeness (QED) is 0.784. The lowest BCUT2D eigenvalue weighted by Crippen LogP contribution is -2.11. The van der Waals surface area contributed by atoms with Crippen molar-refractivity contribution >= 4 is 10.8 Å². The summed E-state index contributed by atoms with van der Waals surface area (Å²) in [6.45, 7) is 0.711. The molecule has 1 unspecified atom stereocenters. The number of hydrogen-bond acceptors (Lipinski definition) is 2. The topological polar surface area (TPSA) is 29.1 Å². The Kier molecular flexibility index (Phi) is 4.84. The molecule has 0 heterocycles. The summed E-state index contributed by atoms with van der Waals surface area (Å²) in [5.74, 6) is -0.839. The highest BCUT2D eigenvalue weighted by atomic mass is 32.2. The van der Waals surface area contributed by atoms with Crippen molar-refractivity contribution in [2.75, 3.05) is 19.3 Å². The third-order valence-corrected chi connectivity index (χ3v) is 3.36. The summed E-state index contributed by atoms with van der Waals surface area (Å²) < 4.78 is 37.5. The van der Waals surface area contributed by atoms with Gasteiger partial charge in [-0.05, 0) is 38.2 Å². The van der Waals surface area contributed by atoms with Crippen LogP contribution in [-0.2, 0) is 10.8 Å². The van der Waals surface area contributed by atoms with Crippen molar-refractivity contribution in [1.82, 2.24) is 5.32 Å². The van der Waals surface area contributed by atoms with Crippen molar-refractivity contribution in [3.05, 3.63) is 29.8 Å². The molecule has 0 aromatic heterocycles. The summed E-state index contributed by atoms with van der Waals surface area (Å²) in [5.41, 5.74) is 0. The molecule has 1 aromatic carbocycles. The van der Waals surface area contributed by atoms with Gasteiger partial charge in [-0.3, -0.25) is 4.21 Å². The molecule has 0 saturated heterocycles. The van der Waals surface area contributed by atoms with Gasteiger partial charge < -0.3 is 5.32 Å². The first-order chi connectivity index (χ1) is 7.15. The molecule has 0 spiro atoms. The van der Waals surface area contributed by atoms with E-state index in [4.69, 9.17) is 0 Å². The fourth-order valence-corrected chi connectivity index (χ4v) is 2.30. The lowest BCUT2D eigenvalue weighted by molar-refractivity contribution is 0.571. The van der Waals surface area contributed by atoms with E-state index in [0.717, 1.165) is 18.2 Å². The van der Waals surface area contributed by atoms with Gasteiger partial charge in [0.25, 0.3) is 0 Å². The average molecular weight is 233 g/mol. The van der Waals surface area contributed by atoms with Crippen molar-refractivity contribution in [2.45, 2.75) is 11.3 Å². The summed E-state index contributed by atoms with van der Waals surface area (Å²) >= 11 is 0. The van der Waals surface area contributed by atoms with Gasteiger partial charge >= 0.3 is 0 Å². The standard InChI is InChI=1S/C10H13F2NOS/c1-13-5-2-6-15(14)10-7-8(11)3-4-9(10)12/h3-4,7,13H,2,5-6H2,1H3. The van der Waals surface area contributed by atoms with Gasteiger partial charge in [0.2, 0.25) is 0 Å². The molecule has 0 aliphatic heterocycles. The van der Waals surface area contributed by atoms with E-state index < -0.39 is 22.4 Å². The van der Waals surface area contributed by atoms with Crippen molar-refractivity contribution in [3.63, 3.8) is 0 Å². The van der Waals surface area contributed by atoms with Crippen molar-refractivity contribution < 1.29 is 13.0 Å². The summed E-state index contributed by atoms with van der Waals surface area (Å²) in [5, 5.41) is 2.90. The van der Waals surface area contributed by atoms with Crippen LogP contribution in [0.1, 0.15) is 6.42 Å². The third kappa shape index (κ3) is 3.68. The van der Waals surface area contributed by atoms with Crippen LogP contribution in [0.3, 0.4) is 0 Å². The normalized spacial score (nSPS) is 12.7. The van der Waals surface area contributed by atoms with E-state index in [2.05, 4.69) is 5.32 Å². The van der Waals surface area contributed by atoms with E-state index >= 15 is 0 Å². The second-order valence-corrected chi connectivity index (χ2v) is 4.62. The Hall–Kier alpha value is -0.810. The zero-order valence-corrected chi connectivity index (χ0v) is 9.24. The summed E-state index contributed by atoms with van der Waals surface area (Å²) in [7, 11) is 0.322. The van der Waals surface area contributed by atoms with Gasteiger partial charge in [-0.15, -0.1) is 0 Å². The highest BCUT2D eigenvalue weighted by Crippen LogP contribution is 2.14. The first-order valence-corrected chi connectivity index (χ1v) is 5.95.